The summed E-state index contributed by atoms with van der Waals surface area (Å²) in [6.45, 7) is 2.17. The fourth-order valence-corrected chi connectivity index (χ4v) is 3.62. The van der Waals surface area contributed by atoms with Crippen LogP contribution in [0.1, 0.15) is 32.7 Å². The van der Waals surface area contributed by atoms with E-state index in [1.165, 1.54) is 25.1 Å². The third-order valence-corrected chi connectivity index (χ3v) is 5.82. The molecule has 35 heavy (non-hydrogen) atoms. The van der Waals surface area contributed by atoms with Gasteiger partial charge in [0.05, 0.1) is 11.1 Å². The van der Waals surface area contributed by atoms with Crippen LogP contribution in [0.3, 0.4) is 0 Å². The highest BCUT2D eigenvalue weighted by molar-refractivity contribution is 7.90. The highest BCUT2D eigenvalue weighted by Crippen LogP contribution is 2.35. The molecular weight excluding hydrogens is 494 g/mol. The van der Waals surface area contributed by atoms with Crippen molar-refractivity contribution in [2.45, 2.75) is 24.9 Å². The van der Waals surface area contributed by atoms with Gasteiger partial charge in [0, 0.05) is 17.5 Å². The van der Waals surface area contributed by atoms with Crippen molar-refractivity contribution in [3.05, 3.63) is 64.2 Å². The van der Waals surface area contributed by atoms with E-state index in [1.807, 2.05) is 0 Å². The number of ether oxygens (including phenoxy) is 1. The van der Waals surface area contributed by atoms with Crippen LogP contribution in [0.4, 0.5) is 23.2 Å². The number of nitriles is 1. The largest absolute Gasteiger partial charge is 0.435 e. The first kappa shape index (κ1) is 25.5. The molecule has 14 heteroatoms. The first-order valence-corrected chi connectivity index (χ1v) is 11.4. The van der Waals surface area contributed by atoms with Crippen molar-refractivity contribution in [3.63, 3.8) is 0 Å². The van der Waals surface area contributed by atoms with E-state index in [4.69, 9.17) is 10.00 Å². The second-order valence-electron chi connectivity index (χ2n) is 7.24. The zero-order valence-electron chi connectivity index (χ0n) is 18.2. The number of nitrogens with zero attached hydrogens (tertiary/aromatic N) is 4. The van der Waals surface area contributed by atoms with Crippen molar-refractivity contribution in [1.82, 2.24) is 15.2 Å². The number of alkyl halides is 3. The van der Waals surface area contributed by atoms with Crippen LogP contribution in [0.25, 0.3) is 0 Å². The molecule has 1 amide bonds. The van der Waals surface area contributed by atoms with Crippen molar-refractivity contribution in [2.75, 3.05) is 11.6 Å². The number of carbonyl (C=O) groups is 1. The smallest absolute Gasteiger partial charge is 0.418 e. The highest BCUT2D eigenvalue weighted by atomic mass is 32.2. The van der Waals surface area contributed by atoms with Crippen molar-refractivity contribution in [3.8, 4) is 17.8 Å². The Morgan fingerprint density at radius 2 is 1.83 bits per heavy atom. The van der Waals surface area contributed by atoms with Crippen LogP contribution in [0.5, 0.6) is 11.8 Å². The van der Waals surface area contributed by atoms with Gasteiger partial charge in [0.1, 0.15) is 17.2 Å². The van der Waals surface area contributed by atoms with Crippen LogP contribution < -0.4 is 10.1 Å². The average Bonchev–Trinajstić information content (AvgIpc) is 2.76. The zero-order valence-corrected chi connectivity index (χ0v) is 19.0. The van der Waals surface area contributed by atoms with Gasteiger partial charge in [-0.15, -0.1) is 10.2 Å². The standard InChI is InChI=1S/C21H15F4N5O4S/c1-10-15(18(31)28-13-5-4-6-14(7-13)35(3,32)33)20(30-29-17(10)21(23,24)25)34-19-11(2)16(22)12(8-26)9-27-19/h4-7,9H,1-3H3,(H,28,31). The van der Waals surface area contributed by atoms with Crippen LogP contribution in [0, 0.1) is 31.0 Å². The van der Waals surface area contributed by atoms with Gasteiger partial charge < -0.3 is 10.1 Å². The number of hydrogen-bond donors (Lipinski definition) is 1. The molecule has 0 bridgehead atoms. The number of aromatic nitrogens is 3. The Bertz CT molecular complexity index is 1480. The van der Waals surface area contributed by atoms with E-state index in [9.17, 15) is 30.8 Å². The lowest BCUT2D eigenvalue weighted by atomic mass is 10.1. The molecule has 182 valence electrons. The molecule has 0 atom stereocenters. The summed E-state index contributed by atoms with van der Waals surface area (Å²) in [5.41, 5.74) is -3.49. The van der Waals surface area contributed by atoms with Gasteiger partial charge in [-0.05, 0) is 37.6 Å². The van der Waals surface area contributed by atoms with Crippen molar-refractivity contribution >= 4 is 21.4 Å². The van der Waals surface area contributed by atoms with E-state index in [2.05, 4.69) is 20.5 Å². The topological polar surface area (TPSA) is 135 Å². The first-order valence-electron chi connectivity index (χ1n) is 9.53. The molecular formula is C21H15F4N5O4S. The Kier molecular flexibility index (Phi) is 6.75. The van der Waals surface area contributed by atoms with Gasteiger partial charge in [0.25, 0.3) is 11.8 Å². The summed E-state index contributed by atoms with van der Waals surface area (Å²) in [6, 6.07) is 6.62. The molecule has 1 N–H and O–H groups in total. The molecule has 3 aromatic rings. The zero-order chi connectivity index (χ0) is 26.1. The minimum Gasteiger partial charge on any atom is -0.418 e. The molecule has 3 rings (SSSR count). The Morgan fingerprint density at radius 1 is 1.14 bits per heavy atom. The fraction of sp³-hybridized carbons (Fsp3) is 0.190. The molecule has 2 aromatic heterocycles. The molecule has 9 nitrogen and oxygen atoms in total. The SMILES string of the molecule is Cc1c(Oc2nnc(C(F)(F)F)c(C)c2C(=O)Nc2cccc(S(C)(=O)=O)c2)ncc(C#N)c1F. The molecule has 0 radical (unpaired) electrons. The minimum atomic E-state index is -4.96. The van der Waals surface area contributed by atoms with Crippen LogP contribution in [0.2, 0.25) is 0 Å². The maximum absolute atomic E-state index is 14.3. The summed E-state index contributed by atoms with van der Waals surface area (Å²) in [7, 11) is -3.64. The number of hydrogen-bond acceptors (Lipinski definition) is 8. The molecule has 0 aliphatic carbocycles. The Balaban J connectivity index is 2.11. The molecule has 0 spiro atoms. The molecule has 0 saturated carbocycles. The van der Waals surface area contributed by atoms with Gasteiger partial charge in [0.2, 0.25) is 5.88 Å². The van der Waals surface area contributed by atoms with E-state index in [0.717, 1.165) is 25.4 Å². The summed E-state index contributed by atoms with van der Waals surface area (Å²) < 4.78 is 83.5. The number of rotatable bonds is 5. The van der Waals surface area contributed by atoms with Gasteiger partial charge in [-0.3, -0.25) is 4.79 Å². The van der Waals surface area contributed by atoms with Crippen molar-refractivity contribution in [1.29, 1.82) is 5.26 Å². The summed E-state index contributed by atoms with van der Waals surface area (Å²) in [5, 5.41) is 17.7. The van der Waals surface area contributed by atoms with Gasteiger partial charge >= 0.3 is 6.18 Å². The molecule has 1 aromatic carbocycles. The molecule has 0 unspecified atom stereocenters. The van der Waals surface area contributed by atoms with E-state index in [-0.39, 0.29) is 16.1 Å². The van der Waals surface area contributed by atoms with Gasteiger partial charge in [-0.2, -0.15) is 18.4 Å². The third-order valence-electron chi connectivity index (χ3n) is 4.71. The van der Waals surface area contributed by atoms with Crippen LogP contribution >= 0.6 is 0 Å². The number of halogens is 4. The number of anilines is 1. The van der Waals surface area contributed by atoms with E-state index >= 15 is 0 Å². The van der Waals surface area contributed by atoms with Gasteiger partial charge in [-0.1, -0.05) is 6.07 Å². The predicted octanol–water partition coefficient (Wildman–Crippen LogP) is 3.97. The molecule has 0 aliphatic heterocycles. The van der Waals surface area contributed by atoms with Crippen molar-refractivity contribution < 1.29 is 35.5 Å². The second-order valence-corrected chi connectivity index (χ2v) is 9.25. The third kappa shape index (κ3) is 5.35. The predicted molar refractivity (Wildman–Crippen MR) is 113 cm³/mol. The molecule has 0 saturated heterocycles. The maximum Gasteiger partial charge on any atom is 0.435 e. The molecule has 0 fully saturated rings. The monoisotopic (exact) mass is 509 g/mol. The van der Waals surface area contributed by atoms with Crippen LogP contribution in [-0.2, 0) is 16.0 Å². The van der Waals surface area contributed by atoms with Crippen LogP contribution in [-0.4, -0.2) is 35.8 Å². The highest BCUT2D eigenvalue weighted by Gasteiger charge is 2.38. The number of benzene rings is 1. The number of amides is 1. The number of sulfone groups is 1. The summed E-state index contributed by atoms with van der Waals surface area (Å²) in [5.74, 6) is -3.27. The normalized spacial score (nSPS) is 11.6. The second kappa shape index (κ2) is 9.26. The van der Waals surface area contributed by atoms with E-state index in [0.29, 0.717) is 0 Å². The number of pyridine rings is 1. The maximum atomic E-state index is 14.3. The van der Waals surface area contributed by atoms with Crippen LogP contribution in [0.15, 0.2) is 35.4 Å². The minimum absolute atomic E-state index is 0.0348. The molecule has 0 aliphatic rings. The lowest BCUT2D eigenvalue weighted by molar-refractivity contribution is -0.142. The Hall–Kier alpha value is -4.12. The number of carbonyl (C=O) groups excluding carboxylic acids is 1. The Morgan fingerprint density at radius 3 is 2.43 bits per heavy atom. The number of nitrogens with one attached hydrogen (secondary N) is 1. The lowest BCUT2D eigenvalue weighted by Crippen LogP contribution is -2.21. The quantitative estimate of drug-likeness (QED) is 0.511. The van der Waals surface area contributed by atoms with Gasteiger partial charge in [-0.25, -0.2) is 17.8 Å². The summed E-state index contributed by atoms with van der Waals surface area (Å²) >= 11 is 0. The first-order chi connectivity index (χ1) is 16.2. The van der Waals surface area contributed by atoms with E-state index < -0.39 is 61.9 Å². The summed E-state index contributed by atoms with van der Waals surface area (Å²) in [6.07, 6.45) is -3.17. The Labute approximate surface area is 196 Å². The average molecular weight is 509 g/mol. The van der Waals surface area contributed by atoms with E-state index in [1.54, 1.807) is 6.07 Å². The lowest BCUT2D eigenvalue weighted by Gasteiger charge is -2.16. The molecule has 2 heterocycles. The van der Waals surface area contributed by atoms with Gasteiger partial charge in [0.15, 0.2) is 21.3 Å². The summed E-state index contributed by atoms with van der Waals surface area (Å²) in [4.78, 5) is 16.6. The fourth-order valence-electron chi connectivity index (χ4n) is 2.95. The van der Waals surface area contributed by atoms with Crippen molar-refractivity contribution in [2.24, 2.45) is 0 Å².